The summed E-state index contributed by atoms with van der Waals surface area (Å²) in [6.45, 7) is 0.620. The summed E-state index contributed by atoms with van der Waals surface area (Å²) in [5.74, 6) is 1.58. The minimum atomic E-state index is 0.402. The SMILES string of the molecule is NC1CC(c2ccc(OCc3ccccc3)cc2)C1. The molecule has 1 aliphatic carbocycles. The lowest BCUT2D eigenvalue weighted by molar-refractivity contribution is 0.305. The lowest BCUT2D eigenvalue weighted by Gasteiger charge is -2.32. The van der Waals surface area contributed by atoms with Crippen LogP contribution in [-0.4, -0.2) is 6.04 Å². The average molecular weight is 253 g/mol. The number of rotatable bonds is 4. The molecule has 98 valence electrons. The third-order valence-corrected chi connectivity index (χ3v) is 3.77. The molecule has 2 aromatic carbocycles. The van der Waals surface area contributed by atoms with Gasteiger partial charge < -0.3 is 10.5 Å². The monoisotopic (exact) mass is 253 g/mol. The molecule has 0 radical (unpaired) electrons. The van der Waals surface area contributed by atoms with Crippen molar-refractivity contribution in [3.63, 3.8) is 0 Å². The molecule has 0 heterocycles. The van der Waals surface area contributed by atoms with Gasteiger partial charge in [-0.2, -0.15) is 0 Å². The fourth-order valence-electron chi connectivity index (χ4n) is 2.51. The third-order valence-electron chi connectivity index (χ3n) is 3.77. The van der Waals surface area contributed by atoms with E-state index in [2.05, 4.69) is 36.4 Å². The summed E-state index contributed by atoms with van der Waals surface area (Å²) < 4.78 is 5.77. The van der Waals surface area contributed by atoms with Gasteiger partial charge in [-0.05, 0) is 42.0 Å². The van der Waals surface area contributed by atoms with Crippen LogP contribution in [0.4, 0.5) is 0 Å². The zero-order valence-electron chi connectivity index (χ0n) is 11.0. The largest absolute Gasteiger partial charge is 0.489 e. The van der Waals surface area contributed by atoms with Gasteiger partial charge >= 0.3 is 0 Å². The summed E-state index contributed by atoms with van der Waals surface area (Å²) in [5.41, 5.74) is 8.40. The second-order valence-electron chi connectivity index (χ2n) is 5.27. The minimum absolute atomic E-state index is 0.402. The topological polar surface area (TPSA) is 35.2 Å². The van der Waals surface area contributed by atoms with E-state index in [9.17, 15) is 0 Å². The lowest BCUT2D eigenvalue weighted by Crippen LogP contribution is -2.34. The molecule has 1 saturated carbocycles. The molecule has 0 aromatic heterocycles. The first-order valence-corrected chi connectivity index (χ1v) is 6.83. The highest BCUT2D eigenvalue weighted by Crippen LogP contribution is 2.36. The van der Waals surface area contributed by atoms with Crippen molar-refractivity contribution in [1.29, 1.82) is 0 Å². The van der Waals surface area contributed by atoms with E-state index in [0.717, 1.165) is 18.6 Å². The van der Waals surface area contributed by atoms with E-state index in [1.165, 1.54) is 11.1 Å². The lowest BCUT2D eigenvalue weighted by atomic mass is 9.76. The fraction of sp³-hybridized carbons (Fsp3) is 0.294. The maximum Gasteiger partial charge on any atom is 0.119 e. The number of hydrogen-bond donors (Lipinski definition) is 1. The molecule has 0 amide bonds. The molecule has 1 fully saturated rings. The summed E-state index contributed by atoms with van der Waals surface area (Å²) >= 11 is 0. The molecule has 2 N–H and O–H groups in total. The van der Waals surface area contributed by atoms with Crippen molar-refractivity contribution in [3.05, 3.63) is 65.7 Å². The first-order chi connectivity index (χ1) is 9.31. The highest BCUT2D eigenvalue weighted by atomic mass is 16.5. The molecule has 0 aliphatic heterocycles. The standard InChI is InChI=1S/C17H19NO/c18-16-10-15(11-16)14-6-8-17(9-7-14)19-12-13-4-2-1-3-5-13/h1-9,15-16H,10-12,18H2. The Labute approximate surface area is 114 Å². The highest BCUT2D eigenvalue weighted by molar-refractivity contribution is 5.31. The molecule has 0 unspecified atom stereocenters. The van der Waals surface area contributed by atoms with Crippen LogP contribution in [0.3, 0.4) is 0 Å². The Morgan fingerprint density at radius 3 is 2.26 bits per heavy atom. The van der Waals surface area contributed by atoms with Gasteiger partial charge in [0.05, 0.1) is 0 Å². The van der Waals surface area contributed by atoms with Crippen LogP contribution < -0.4 is 10.5 Å². The molecule has 2 heteroatoms. The third kappa shape index (κ3) is 2.96. The highest BCUT2D eigenvalue weighted by Gasteiger charge is 2.26. The van der Waals surface area contributed by atoms with Gasteiger partial charge in [0.25, 0.3) is 0 Å². The van der Waals surface area contributed by atoms with Gasteiger partial charge in [0.15, 0.2) is 0 Å². The Bertz CT molecular complexity index is 515. The quantitative estimate of drug-likeness (QED) is 0.905. The van der Waals surface area contributed by atoms with Crippen LogP contribution in [-0.2, 0) is 6.61 Å². The second kappa shape index (κ2) is 5.45. The van der Waals surface area contributed by atoms with Gasteiger partial charge in [-0.3, -0.25) is 0 Å². The molecule has 0 saturated heterocycles. The molecule has 2 nitrogen and oxygen atoms in total. The molecule has 0 bridgehead atoms. The first-order valence-electron chi connectivity index (χ1n) is 6.83. The van der Waals surface area contributed by atoms with Crippen molar-refractivity contribution >= 4 is 0 Å². The predicted molar refractivity (Wildman–Crippen MR) is 77.2 cm³/mol. The summed E-state index contributed by atoms with van der Waals surface area (Å²) in [7, 11) is 0. The van der Waals surface area contributed by atoms with Crippen LogP contribution in [0, 0.1) is 0 Å². The summed E-state index contributed by atoms with van der Waals surface area (Å²) in [5, 5.41) is 0. The summed E-state index contributed by atoms with van der Waals surface area (Å²) in [6.07, 6.45) is 2.23. The molecule has 3 rings (SSSR count). The fourth-order valence-corrected chi connectivity index (χ4v) is 2.51. The number of benzene rings is 2. The Morgan fingerprint density at radius 2 is 1.63 bits per heavy atom. The second-order valence-corrected chi connectivity index (χ2v) is 5.27. The van der Waals surface area contributed by atoms with Crippen LogP contribution in [0.25, 0.3) is 0 Å². The summed E-state index contributed by atoms with van der Waals surface area (Å²) in [4.78, 5) is 0. The molecule has 1 aliphatic rings. The van der Waals surface area contributed by atoms with Crippen LogP contribution in [0.2, 0.25) is 0 Å². The van der Waals surface area contributed by atoms with Crippen LogP contribution in [0.15, 0.2) is 54.6 Å². The van der Waals surface area contributed by atoms with Gasteiger partial charge in [-0.15, -0.1) is 0 Å². The van der Waals surface area contributed by atoms with Crippen molar-refractivity contribution in [2.75, 3.05) is 0 Å². The molecular formula is C17H19NO. The van der Waals surface area contributed by atoms with Gasteiger partial charge in [0, 0.05) is 6.04 Å². The Kier molecular flexibility index (Phi) is 3.51. The summed E-state index contributed by atoms with van der Waals surface area (Å²) in [6, 6.07) is 19.1. The Hall–Kier alpha value is -1.80. The minimum Gasteiger partial charge on any atom is -0.489 e. The van der Waals surface area contributed by atoms with Crippen molar-refractivity contribution in [2.24, 2.45) is 5.73 Å². The molecule has 0 atom stereocenters. The number of hydrogen-bond acceptors (Lipinski definition) is 2. The van der Waals surface area contributed by atoms with E-state index in [-0.39, 0.29) is 0 Å². The van der Waals surface area contributed by atoms with Crippen molar-refractivity contribution in [2.45, 2.75) is 31.4 Å². The first kappa shape index (κ1) is 12.2. The normalized spacial score (nSPS) is 21.7. The maximum atomic E-state index is 5.82. The zero-order valence-corrected chi connectivity index (χ0v) is 11.0. The van der Waals surface area contributed by atoms with Gasteiger partial charge in [0.2, 0.25) is 0 Å². The average Bonchev–Trinajstić information content (AvgIpc) is 2.44. The zero-order chi connectivity index (χ0) is 13.1. The van der Waals surface area contributed by atoms with Gasteiger partial charge in [-0.25, -0.2) is 0 Å². The molecule has 0 spiro atoms. The Balaban J connectivity index is 1.57. The number of ether oxygens (including phenoxy) is 1. The smallest absolute Gasteiger partial charge is 0.119 e. The van der Waals surface area contributed by atoms with E-state index in [1.54, 1.807) is 0 Å². The molecular weight excluding hydrogens is 234 g/mol. The van der Waals surface area contributed by atoms with E-state index < -0.39 is 0 Å². The van der Waals surface area contributed by atoms with Crippen molar-refractivity contribution in [3.8, 4) is 5.75 Å². The van der Waals surface area contributed by atoms with Gasteiger partial charge in [-0.1, -0.05) is 42.5 Å². The van der Waals surface area contributed by atoms with Crippen LogP contribution >= 0.6 is 0 Å². The van der Waals surface area contributed by atoms with E-state index in [4.69, 9.17) is 10.5 Å². The van der Waals surface area contributed by atoms with Crippen molar-refractivity contribution in [1.82, 2.24) is 0 Å². The van der Waals surface area contributed by atoms with Crippen LogP contribution in [0.5, 0.6) is 5.75 Å². The predicted octanol–water partition coefficient (Wildman–Crippen LogP) is 3.47. The van der Waals surface area contributed by atoms with E-state index >= 15 is 0 Å². The van der Waals surface area contributed by atoms with E-state index in [1.807, 2.05) is 18.2 Å². The molecule has 19 heavy (non-hydrogen) atoms. The van der Waals surface area contributed by atoms with Crippen molar-refractivity contribution < 1.29 is 4.74 Å². The maximum absolute atomic E-state index is 5.82. The van der Waals surface area contributed by atoms with Gasteiger partial charge in [0.1, 0.15) is 12.4 Å². The van der Waals surface area contributed by atoms with E-state index in [0.29, 0.717) is 18.6 Å². The molecule has 2 aromatic rings. The number of nitrogens with two attached hydrogens (primary N) is 1. The van der Waals surface area contributed by atoms with Crippen LogP contribution in [0.1, 0.15) is 29.9 Å². The Morgan fingerprint density at radius 1 is 0.947 bits per heavy atom.